The molecule has 1 fully saturated rings. The molecule has 1 aliphatic rings. The third-order valence-corrected chi connectivity index (χ3v) is 3.62. The molecule has 1 aliphatic heterocycles. The summed E-state index contributed by atoms with van der Waals surface area (Å²) in [5.74, 6) is 0. The number of aromatic nitrogens is 1. The molecule has 1 saturated heterocycles. The fourth-order valence-corrected chi connectivity index (χ4v) is 2.71. The van der Waals surface area contributed by atoms with Crippen molar-refractivity contribution in [2.45, 2.75) is 32.7 Å². The van der Waals surface area contributed by atoms with Crippen LogP contribution < -0.4 is 5.32 Å². The van der Waals surface area contributed by atoms with Gasteiger partial charge in [-0.2, -0.15) is 0 Å². The molecule has 2 rings (SSSR count). The van der Waals surface area contributed by atoms with Crippen molar-refractivity contribution in [1.82, 2.24) is 15.2 Å². The molecule has 1 aromatic heterocycles. The van der Waals surface area contributed by atoms with Crippen LogP contribution in [0.4, 0.5) is 0 Å². The van der Waals surface area contributed by atoms with Gasteiger partial charge in [0.05, 0.1) is 0 Å². The minimum atomic E-state index is 0.554. The molecule has 0 radical (unpaired) electrons. The zero-order valence-electron chi connectivity index (χ0n) is 10.9. The molecule has 0 saturated carbocycles. The van der Waals surface area contributed by atoms with E-state index >= 15 is 0 Å². The first-order valence-electron chi connectivity index (χ1n) is 6.68. The first-order valence-corrected chi connectivity index (χ1v) is 6.68. The minimum absolute atomic E-state index is 0.554. The van der Waals surface area contributed by atoms with E-state index in [0.717, 1.165) is 19.6 Å². The normalized spacial score (nSPS) is 19.9. The largest absolute Gasteiger partial charge is 0.315 e. The maximum Gasteiger partial charge on any atom is 0.0349 e. The van der Waals surface area contributed by atoms with Crippen LogP contribution >= 0.6 is 0 Å². The van der Waals surface area contributed by atoms with Crippen LogP contribution in [0.2, 0.25) is 0 Å². The highest BCUT2D eigenvalue weighted by molar-refractivity contribution is 5.25. The molecule has 1 aromatic rings. The summed E-state index contributed by atoms with van der Waals surface area (Å²) in [6.07, 6.45) is 6.32. The molecule has 0 aliphatic carbocycles. The van der Waals surface area contributed by atoms with Crippen LogP contribution in [-0.2, 0) is 0 Å². The number of aryl methyl sites for hydroxylation is 1. The molecule has 17 heavy (non-hydrogen) atoms. The molecule has 3 nitrogen and oxygen atoms in total. The third kappa shape index (κ3) is 3.05. The summed E-state index contributed by atoms with van der Waals surface area (Å²) >= 11 is 0. The molecule has 1 N–H and O–H groups in total. The molecule has 1 unspecified atom stereocenters. The zero-order valence-corrected chi connectivity index (χ0v) is 10.9. The van der Waals surface area contributed by atoms with Crippen molar-refractivity contribution in [2.24, 2.45) is 0 Å². The fraction of sp³-hybridized carbons (Fsp3) is 0.643. The van der Waals surface area contributed by atoms with Crippen molar-refractivity contribution in [3.8, 4) is 0 Å². The van der Waals surface area contributed by atoms with Crippen LogP contribution in [0.25, 0.3) is 0 Å². The number of hydrogen-bond donors (Lipinski definition) is 1. The van der Waals surface area contributed by atoms with Gasteiger partial charge >= 0.3 is 0 Å². The molecule has 0 spiro atoms. The van der Waals surface area contributed by atoms with E-state index in [4.69, 9.17) is 0 Å². The van der Waals surface area contributed by atoms with Gasteiger partial charge in [0.25, 0.3) is 0 Å². The number of hydrogen-bond acceptors (Lipinski definition) is 3. The van der Waals surface area contributed by atoms with Crippen LogP contribution in [0.1, 0.15) is 36.9 Å². The van der Waals surface area contributed by atoms with Gasteiger partial charge in [-0.25, -0.2) is 0 Å². The summed E-state index contributed by atoms with van der Waals surface area (Å²) in [5, 5.41) is 3.47. The van der Waals surface area contributed by atoms with E-state index in [0.29, 0.717) is 6.04 Å². The predicted molar refractivity (Wildman–Crippen MR) is 71.1 cm³/mol. The molecule has 0 aromatic carbocycles. The Morgan fingerprint density at radius 1 is 1.41 bits per heavy atom. The van der Waals surface area contributed by atoms with E-state index < -0.39 is 0 Å². The molecular formula is C14H23N3. The third-order valence-electron chi connectivity index (χ3n) is 3.62. The molecule has 0 bridgehead atoms. The Hall–Kier alpha value is -0.930. The highest BCUT2D eigenvalue weighted by atomic mass is 15.2. The van der Waals surface area contributed by atoms with E-state index in [2.05, 4.69) is 35.1 Å². The second-order valence-corrected chi connectivity index (χ2v) is 4.80. The molecule has 94 valence electrons. The Morgan fingerprint density at radius 2 is 2.29 bits per heavy atom. The summed E-state index contributed by atoms with van der Waals surface area (Å²) in [7, 11) is 0. The Labute approximate surface area is 104 Å². The zero-order chi connectivity index (χ0) is 12.1. The summed E-state index contributed by atoms with van der Waals surface area (Å²) in [4.78, 5) is 6.81. The number of nitrogens with zero attached hydrogens (tertiary/aromatic N) is 2. The summed E-state index contributed by atoms with van der Waals surface area (Å²) < 4.78 is 0. The van der Waals surface area contributed by atoms with E-state index in [1.807, 2.05) is 12.4 Å². The quantitative estimate of drug-likeness (QED) is 0.867. The predicted octanol–water partition coefficient (Wildman–Crippen LogP) is 2.14. The van der Waals surface area contributed by atoms with E-state index in [1.54, 1.807) is 0 Å². The monoisotopic (exact) mass is 233 g/mol. The summed E-state index contributed by atoms with van der Waals surface area (Å²) in [5.41, 5.74) is 2.76. The lowest BCUT2D eigenvalue weighted by molar-refractivity contribution is 0.204. The Kier molecular flexibility index (Phi) is 4.51. The SMILES string of the molecule is CCC(c1ccncc1C)N1CCCNCC1. The van der Waals surface area contributed by atoms with Crippen molar-refractivity contribution >= 4 is 0 Å². The molecular weight excluding hydrogens is 210 g/mol. The Morgan fingerprint density at radius 3 is 3.06 bits per heavy atom. The van der Waals surface area contributed by atoms with Crippen LogP contribution in [0.5, 0.6) is 0 Å². The number of pyridine rings is 1. The van der Waals surface area contributed by atoms with Crippen molar-refractivity contribution in [3.05, 3.63) is 29.6 Å². The highest BCUT2D eigenvalue weighted by Gasteiger charge is 2.20. The van der Waals surface area contributed by atoms with Gasteiger partial charge in [-0.15, -0.1) is 0 Å². The second kappa shape index (κ2) is 6.12. The maximum absolute atomic E-state index is 4.19. The molecule has 3 heteroatoms. The van der Waals surface area contributed by atoms with Gasteiger partial charge in [0.2, 0.25) is 0 Å². The topological polar surface area (TPSA) is 28.2 Å². The Bertz CT molecular complexity index is 343. The van der Waals surface area contributed by atoms with Crippen LogP contribution in [0.3, 0.4) is 0 Å². The van der Waals surface area contributed by atoms with Crippen molar-refractivity contribution in [1.29, 1.82) is 0 Å². The van der Waals surface area contributed by atoms with Crippen molar-refractivity contribution in [2.75, 3.05) is 26.2 Å². The maximum atomic E-state index is 4.19. The van der Waals surface area contributed by atoms with Gasteiger partial charge in [0.15, 0.2) is 0 Å². The summed E-state index contributed by atoms with van der Waals surface area (Å²) in [6, 6.07) is 2.74. The van der Waals surface area contributed by atoms with E-state index in [1.165, 1.54) is 30.5 Å². The van der Waals surface area contributed by atoms with E-state index in [9.17, 15) is 0 Å². The molecule has 0 amide bonds. The van der Waals surface area contributed by atoms with Gasteiger partial charge in [0.1, 0.15) is 0 Å². The smallest absolute Gasteiger partial charge is 0.0349 e. The lowest BCUT2D eigenvalue weighted by atomic mass is 9.99. The lowest BCUT2D eigenvalue weighted by Crippen LogP contribution is -2.32. The Balaban J connectivity index is 2.17. The first kappa shape index (κ1) is 12.5. The van der Waals surface area contributed by atoms with E-state index in [-0.39, 0.29) is 0 Å². The minimum Gasteiger partial charge on any atom is -0.315 e. The van der Waals surface area contributed by atoms with Crippen molar-refractivity contribution in [3.63, 3.8) is 0 Å². The summed E-state index contributed by atoms with van der Waals surface area (Å²) in [6.45, 7) is 9.07. The van der Waals surface area contributed by atoms with Crippen LogP contribution in [-0.4, -0.2) is 36.1 Å². The lowest BCUT2D eigenvalue weighted by Gasteiger charge is -2.30. The first-order chi connectivity index (χ1) is 8.33. The number of nitrogens with one attached hydrogen (secondary N) is 1. The number of rotatable bonds is 3. The molecule has 2 heterocycles. The van der Waals surface area contributed by atoms with Gasteiger partial charge in [-0.1, -0.05) is 6.92 Å². The standard InChI is InChI=1S/C14H23N3/c1-3-14(13-5-7-16-11-12(13)2)17-9-4-6-15-8-10-17/h5,7,11,14-15H,3-4,6,8-10H2,1-2H3. The van der Waals surface area contributed by atoms with Gasteiger partial charge in [-0.05, 0) is 43.5 Å². The van der Waals surface area contributed by atoms with Gasteiger partial charge in [-0.3, -0.25) is 9.88 Å². The van der Waals surface area contributed by atoms with Crippen LogP contribution in [0.15, 0.2) is 18.5 Å². The molecule has 1 atom stereocenters. The highest BCUT2D eigenvalue weighted by Crippen LogP contribution is 2.26. The van der Waals surface area contributed by atoms with Gasteiger partial charge in [0, 0.05) is 38.1 Å². The second-order valence-electron chi connectivity index (χ2n) is 4.80. The van der Waals surface area contributed by atoms with Crippen LogP contribution in [0, 0.1) is 6.92 Å². The van der Waals surface area contributed by atoms with Crippen molar-refractivity contribution < 1.29 is 0 Å². The fourth-order valence-electron chi connectivity index (χ4n) is 2.71. The average Bonchev–Trinajstić information content (AvgIpc) is 2.62. The van der Waals surface area contributed by atoms with Gasteiger partial charge < -0.3 is 5.32 Å². The average molecular weight is 233 g/mol.